The van der Waals surface area contributed by atoms with Gasteiger partial charge in [0.15, 0.2) is 0 Å². The Kier molecular flexibility index (Phi) is 7.85. The van der Waals surface area contributed by atoms with E-state index in [9.17, 15) is 0 Å². The molecule has 4 aliphatic rings. The molecule has 2 atom stereocenters. The highest BCUT2D eigenvalue weighted by molar-refractivity contribution is 6.62. The van der Waals surface area contributed by atoms with E-state index < -0.39 is 48.0 Å². The average Bonchev–Trinajstić information content (AvgIpc) is 3.82. The van der Waals surface area contributed by atoms with E-state index in [1.54, 1.807) is 0 Å². The summed E-state index contributed by atoms with van der Waals surface area (Å²) < 4.78 is 25.3. The van der Waals surface area contributed by atoms with E-state index in [0.29, 0.717) is 0 Å². The molecule has 0 aromatic heterocycles. The van der Waals surface area contributed by atoms with Crippen molar-refractivity contribution in [2.24, 2.45) is 30.4 Å². The SMILES string of the molecule is CC(C)(C)c1c(C2(c3ccc(B4OC(C)(C)C(C)(C)O4)cc3)N=CN=N2)cccc1C1(c2ccc(B3OC(C)(C)C(C)(C)O3)cc2)N=CN=N1. The molecule has 0 aliphatic carbocycles. The number of benzene rings is 3. The molecule has 10 nitrogen and oxygen atoms in total. The Morgan fingerprint density at radius 1 is 0.500 bits per heavy atom. The van der Waals surface area contributed by atoms with Crippen molar-refractivity contribution < 1.29 is 18.6 Å². The van der Waals surface area contributed by atoms with Gasteiger partial charge in [-0.15, -0.1) is 20.5 Å². The number of hydrogen-bond donors (Lipinski definition) is 0. The highest BCUT2D eigenvalue weighted by Crippen LogP contribution is 2.49. The molecule has 0 N–H and O–H groups in total. The van der Waals surface area contributed by atoms with Gasteiger partial charge in [-0.25, -0.2) is 9.98 Å². The van der Waals surface area contributed by atoms with Crippen molar-refractivity contribution in [3.8, 4) is 0 Å². The van der Waals surface area contributed by atoms with Crippen LogP contribution in [0.15, 0.2) is 97.2 Å². The molecule has 0 radical (unpaired) electrons. The molecule has 4 aliphatic heterocycles. The van der Waals surface area contributed by atoms with Crippen molar-refractivity contribution in [3.63, 3.8) is 0 Å². The molecule has 12 heteroatoms. The van der Waals surface area contributed by atoms with Crippen LogP contribution >= 0.6 is 0 Å². The molecule has 50 heavy (non-hydrogen) atoms. The summed E-state index contributed by atoms with van der Waals surface area (Å²) in [4.78, 5) is 9.91. The van der Waals surface area contributed by atoms with Gasteiger partial charge in [-0.2, -0.15) is 0 Å². The van der Waals surface area contributed by atoms with Gasteiger partial charge < -0.3 is 18.6 Å². The summed E-state index contributed by atoms with van der Waals surface area (Å²) in [7, 11) is -0.956. The van der Waals surface area contributed by atoms with Crippen LogP contribution in [0.3, 0.4) is 0 Å². The largest absolute Gasteiger partial charge is 0.494 e. The number of azo groups is 2. The molecule has 2 fully saturated rings. The third-order valence-corrected chi connectivity index (χ3v) is 11.2. The van der Waals surface area contributed by atoms with Crippen molar-refractivity contribution in [1.29, 1.82) is 0 Å². The number of hydrogen-bond acceptors (Lipinski definition) is 10. The lowest BCUT2D eigenvalue weighted by Crippen LogP contribution is -2.41. The lowest BCUT2D eigenvalue weighted by atomic mass is 9.71. The van der Waals surface area contributed by atoms with Gasteiger partial charge in [0.2, 0.25) is 11.3 Å². The van der Waals surface area contributed by atoms with Gasteiger partial charge in [-0.1, -0.05) is 87.5 Å². The molecular formula is C38H46B2N6O4. The van der Waals surface area contributed by atoms with Crippen molar-refractivity contribution in [1.82, 2.24) is 0 Å². The molecular weight excluding hydrogens is 626 g/mol. The first-order valence-electron chi connectivity index (χ1n) is 17.3. The van der Waals surface area contributed by atoms with E-state index >= 15 is 0 Å². The monoisotopic (exact) mass is 672 g/mol. The molecule has 7 rings (SSSR count). The fourth-order valence-electron chi connectivity index (χ4n) is 6.96. The Bertz CT molecular complexity index is 1740. The van der Waals surface area contributed by atoms with Crippen molar-refractivity contribution in [2.75, 3.05) is 0 Å². The van der Waals surface area contributed by atoms with Crippen LogP contribution in [-0.4, -0.2) is 49.3 Å². The quantitative estimate of drug-likeness (QED) is 0.263. The highest BCUT2D eigenvalue weighted by atomic mass is 16.7. The van der Waals surface area contributed by atoms with Gasteiger partial charge in [0.25, 0.3) is 0 Å². The Morgan fingerprint density at radius 3 is 1.12 bits per heavy atom. The lowest BCUT2D eigenvalue weighted by Gasteiger charge is -2.36. The standard InChI is InChI=1S/C38H46B2N6O4/c1-32(2,3)31-29(37(41-23-43-45-37)25-15-19-27(20-16-25)39-47-33(4,5)34(6,7)48-39)13-12-14-30(31)38(42-24-44-46-38)26-17-21-28(22-18-26)40-49-35(8,9)36(10,11)50-40/h12-24H,1-11H3. The maximum Gasteiger partial charge on any atom is 0.494 e. The van der Waals surface area contributed by atoms with Crippen molar-refractivity contribution in [2.45, 2.75) is 115 Å². The van der Waals surface area contributed by atoms with Crippen LogP contribution < -0.4 is 10.9 Å². The first-order valence-corrected chi connectivity index (χ1v) is 17.3. The minimum Gasteiger partial charge on any atom is -0.399 e. The molecule has 0 amide bonds. The molecule has 0 bridgehead atoms. The van der Waals surface area contributed by atoms with E-state index in [1.165, 1.54) is 12.7 Å². The first-order chi connectivity index (χ1) is 23.3. The summed E-state index contributed by atoms with van der Waals surface area (Å²) in [5.41, 5.74) is 2.04. The maximum atomic E-state index is 6.33. The average molecular weight is 672 g/mol. The topological polar surface area (TPSA) is 111 Å². The molecule has 3 aromatic rings. The highest BCUT2D eigenvalue weighted by Gasteiger charge is 2.53. The van der Waals surface area contributed by atoms with Crippen molar-refractivity contribution >= 4 is 37.8 Å². The molecule has 3 aromatic carbocycles. The van der Waals surface area contributed by atoms with Crippen LogP contribution in [0, 0.1) is 0 Å². The Hall–Kier alpha value is -3.83. The Balaban J connectivity index is 1.30. The third-order valence-electron chi connectivity index (χ3n) is 11.2. The summed E-state index contributed by atoms with van der Waals surface area (Å²) in [5, 5.41) is 18.3. The molecule has 2 unspecified atom stereocenters. The molecule has 2 saturated heterocycles. The van der Waals surface area contributed by atoms with Crippen LogP contribution in [0.2, 0.25) is 0 Å². The van der Waals surface area contributed by atoms with Crippen LogP contribution in [0.5, 0.6) is 0 Å². The van der Waals surface area contributed by atoms with Crippen molar-refractivity contribution in [3.05, 3.63) is 94.5 Å². The number of aliphatic imine (C=N–C) groups is 2. The summed E-state index contributed by atoms with van der Waals surface area (Å²) in [6.45, 7) is 23.0. The first kappa shape index (κ1) is 34.6. The van der Waals surface area contributed by atoms with Crippen LogP contribution in [0.25, 0.3) is 0 Å². The fourth-order valence-corrected chi connectivity index (χ4v) is 6.96. The maximum absolute atomic E-state index is 6.33. The molecule has 0 saturated carbocycles. The van der Waals surface area contributed by atoms with E-state index in [0.717, 1.165) is 38.7 Å². The predicted molar refractivity (Wildman–Crippen MR) is 198 cm³/mol. The van der Waals surface area contributed by atoms with E-state index in [4.69, 9.17) is 38.8 Å². The Labute approximate surface area is 296 Å². The van der Waals surface area contributed by atoms with Crippen LogP contribution in [-0.2, 0) is 35.4 Å². The summed E-state index contributed by atoms with van der Waals surface area (Å²) in [6.07, 6.45) is 3.05. The van der Waals surface area contributed by atoms with E-state index in [-0.39, 0.29) is 5.41 Å². The molecule has 0 spiro atoms. The van der Waals surface area contributed by atoms with E-state index in [2.05, 4.69) is 98.5 Å². The fraction of sp³-hybridized carbons (Fsp3) is 0.474. The number of rotatable bonds is 6. The van der Waals surface area contributed by atoms with Crippen LogP contribution in [0.4, 0.5) is 0 Å². The smallest absolute Gasteiger partial charge is 0.399 e. The zero-order chi connectivity index (χ0) is 36.0. The Morgan fingerprint density at radius 2 is 0.840 bits per heavy atom. The van der Waals surface area contributed by atoms with Crippen LogP contribution in [0.1, 0.15) is 104 Å². The van der Waals surface area contributed by atoms with Gasteiger partial charge in [-0.05, 0) is 77.3 Å². The summed E-state index contributed by atoms with van der Waals surface area (Å²) in [5.74, 6) is 0. The lowest BCUT2D eigenvalue weighted by molar-refractivity contribution is 0.00578. The summed E-state index contributed by atoms with van der Waals surface area (Å²) >= 11 is 0. The minimum atomic E-state index is -1.12. The second-order valence-corrected chi connectivity index (χ2v) is 16.7. The zero-order valence-electron chi connectivity index (χ0n) is 31.0. The second kappa shape index (κ2) is 11.3. The van der Waals surface area contributed by atoms with E-state index in [1.807, 2.05) is 54.6 Å². The van der Waals surface area contributed by atoms with Gasteiger partial charge in [-0.3, -0.25) is 0 Å². The predicted octanol–water partition coefficient (Wildman–Crippen LogP) is 6.97. The second-order valence-electron chi connectivity index (χ2n) is 16.7. The summed E-state index contributed by atoms with van der Waals surface area (Å²) in [6, 6.07) is 22.5. The zero-order valence-corrected chi connectivity index (χ0v) is 31.0. The number of nitrogens with zero attached hydrogens (tertiary/aromatic N) is 6. The molecule has 258 valence electrons. The van der Waals surface area contributed by atoms with Gasteiger partial charge in [0.1, 0.15) is 12.7 Å². The third kappa shape index (κ3) is 5.34. The normalized spacial score (nSPS) is 27.2. The van der Waals surface area contributed by atoms with Gasteiger partial charge >= 0.3 is 14.2 Å². The minimum absolute atomic E-state index is 0.377. The van der Waals surface area contributed by atoms with Gasteiger partial charge in [0, 0.05) is 22.3 Å². The van der Waals surface area contributed by atoms with Gasteiger partial charge in [0.05, 0.1) is 22.4 Å². The molecule has 4 heterocycles.